The Kier molecular flexibility index (Phi) is 3.49. The summed E-state index contributed by atoms with van der Waals surface area (Å²) < 4.78 is 0. The van der Waals surface area contributed by atoms with E-state index in [9.17, 15) is 4.79 Å². The number of carbonyl (C=O) groups is 1. The molecule has 4 N–H and O–H groups in total. The van der Waals surface area contributed by atoms with Crippen LogP contribution < -0.4 is 11.1 Å². The Hall–Kier alpha value is -1.81. The number of aromatic nitrogens is 1. The van der Waals surface area contributed by atoms with E-state index in [1.165, 1.54) is 0 Å². The number of nitrogens with one attached hydrogen (secondary N) is 2. The van der Waals surface area contributed by atoms with Crippen LogP contribution in [0.15, 0.2) is 24.3 Å². The van der Waals surface area contributed by atoms with Gasteiger partial charge in [0.05, 0.1) is 0 Å². The van der Waals surface area contributed by atoms with E-state index in [4.69, 9.17) is 5.73 Å². The van der Waals surface area contributed by atoms with Crippen LogP contribution in [0.25, 0.3) is 10.9 Å². The first-order valence-electron chi connectivity index (χ1n) is 7.35. The van der Waals surface area contributed by atoms with Crippen molar-refractivity contribution in [2.75, 3.05) is 0 Å². The van der Waals surface area contributed by atoms with Gasteiger partial charge in [0.2, 0.25) is 0 Å². The molecule has 4 nitrogen and oxygen atoms in total. The fraction of sp³-hybridized carbons (Fsp3) is 0.438. The van der Waals surface area contributed by atoms with Gasteiger partial charge in [-0.15, -0.1) is 0 Å². The summed E-state index contributed by atoms with van der Waals surface area (Å²) in [5.41, 5.74) is 8.72. The zero-order chi connectivity index (χ0) is 14.1. The van der Waals surface area contributed by atoms with Crippen molar-refractivity contribution in [1.82, 2.24) is 10.3 Å². The van der Waals surface area contributed by atoms with Gasteiger partial charge in [-0.2, -0.15) is 0 Å². The zero-order valence-electron chi connectivity index (χ0n) is 11.8. The number of aromatic amines is 1. The minimum atomic E-state index is -0.00264. The van der Waals surface area contributed by atoms with E-state index in [2.05, 4.69) is 23.3 Å². The maximum Gasteiger partial charge on any atom is 0.268 e. The highest BCUT2D eigenvalue weighted by Crippen LogP contribution is 2.24. The molecule has 0 bridgehead atoms. The quantitative estimate of drug-likeness (QED) is 0.802. The molecule has 1 aromatic heterocycles. The zero-order valence-corrected chi connectivity index (χ0v) is 11.8. The molecule has 1 aromatic carbocycles. The molecule has 1 aliphatic carbocycles. The highest BCUT2D eigenvalue weighted by atomic mass is 16.1. The molecular formula is C16H21N3O. The fourth-order valence-electron chi connectivity index (χ4n) is 3.17. The first kappa shape index (κ1) is 13.2. The van der Waals surface area contributed by atoms with Gasteiger partial charge in [-0.05, 0) is 37.3 Å². The number of benzene rings is 1. The highest BCUT2D eigenvalue weighted by Gasteiger charge is 2.25. The van der Waals surface area contributed by atoms with Crippen molar-refractivity contribution < 1.29 is 4.79 Å². The van der Waals surface area contributed by atoms with Crippen molar-refractivity contribution in [3.05, 3.63) is 35.5 Å². The second-order valence-electron chi connectivity index (χ2n) is 5.62. The highest BCUT2D eigenvalue weighted by molar-refractivity contribution is 6.01. The predicted molar refractivity (Wildman–Crippen MR) is 80.8 cm³/mol. The van der Waals surface area contributed by atoms with Gasteiger partial charge in [0.1, 0.15) is 5.69 Å². The summed E-state index contributed by atoms with van der Waals surface area (Å²) in [4.78, 5) is 15.7. The Morgan fingerprint density at radius 2 is 2.20 bits per heavy atom. The second kappa shape index (κ2) is 5.29. The molecular weight excluding hydrogens is 250 g/mol. The number of para-hydroxylation sites is 1. The van der Waals surface area contributed by atoms with Crippen LogP contribution in [0.1, 0.15) is 42.2 Å². The van der Waals surface area contributed by atoms with E-state index in [1.807, 2.05) is 18.2 Å². The van der Waals surface area contributed by atoms with Crippen molar-refractivity contribution in [2.45, 2.75) is 44.7 Å². The number of H-pyrrole nitrogens is 1. The molecule has 0 spiro atoms. The van der Waals surface area contributed by atoms with Crippen molar-refractivity contribution in [2.24, 2.45) is 5.73 Å². The lowest BCUT2D eigenvalue weighted by Gasteiger charge is -2.12. The van der Waals surface area contributed by atoms with Crippen molar-refractivity contribution in [3.63, 3.8) is 0 Å². The van der Waals surface area contributed by atoms with Crippen LogP contribution in [-0.4, -0.2) is 23.0 Å². The van der Waals surface area contributed by atoms with Gasteiger partial charge in [-0.3, -0.25) is 4.79 Å². The number of hydrogen-bond acceptors (Lipinski definition) is 2. The Balaban J connectivity index is 1.87. The van der Waals surface area contributed by atoms with E-state index in [-0.39, 0.29) is 18.0 Å². The van der Waals surface area contributed by atoms with E-state index in [0.717, 1.165) is 42.1 Å². The Bertz CT molecular complexity index is 632. The van der Waals surface area contributed by atoms with Gasteiger partial charge in [0, 0.05) is 23.0 Å². The van der Waals surface area contributed by atoms with Gasteiger partial charge in [0.15, 0.2) is 0 Å². The van der Waals surface area contributed by atoms with Crippen LogP contribution in [-0.2, 0) is 6.42 Å². The number of amides is 1. The largest absolute Gasteiger partial charge is 0.350 e. The minimum absolute atomic E-state index is 0.00264. The molecule has 0 aliphatic heterocycles. The molecule has 0 radical (unpaired) electrons. The molecule has 4 heteroatoms. The lowest BCUT2D eigenvalue weighted by atomic mass is 10.1. The van der Waals surface area contributed by atoms with Crippen LogP contribution in [0, 0.1) is 0 Å². The van der Waals surface area contributed by atoms with Crippen LogP contribution >= 0.6 is 0 Å². The molecule has 1 aliphatic rings. The van der Waals surface area contributed by atoms with Gasteiger partial charge in [-0.1, -0.05) is 25.1 Å². The molecule has 1 saturated carbocycles. The third-order valence-corrected chi connectivity index (χ3v) is 4.20. The predicted octanol–water partition coefficient (Wildman–Crippen LogP) is 2.34. The number of rotatable bonds is 3. The monoisotopic (exact) mass is 271 g/mol. The maximum atomic E-state index is 12.5. The van der Waals surface area contributed by atoms with Gasteiger partial charge >= 0.3 is 0 Å². The maximum absolute atomic E-state index is 12.5. The van der Waals surface area contributed by atoms with Crippen LogP contribution in [0.5, 0.6) is 0 Å². The smallest absolute Gasteiger partial charge is 0.268 e. The Labute approximate surface area is 118 Å². The number of aryl methyl sites for hydroxylation is 1. The molecule has 1 fully saturated rings. The van der Waals surface area contributed by atoms with Gasteiger partial charge in [-0.25, -0.2) is 0 Å². The fourth-order valence-corrected chi connectivity index (χ4v) is 3.17. The Morgan fingerprint density at radius 3 is 2.90 bits per heavy atom. The summed E-state index contributed by atoms with van der Waals surface area (Å²) >= 11 is 0. The summed E-state index contributed by atoms with van der Waals surface area (Å²) in [6.45, 7) is 2.08. The molecule has 106 valence electrons. The van der Waals surface area contributed by atoms with Crippen molar-refractivity contribution in [1.29, 1.82) is 0 Å². The summed E-state index contributed by atoms with van der Waals surface area (Å²) in [7, 11) is 0. The molecule has 2 atom stereocenters. The normalized spacial score (nSPS) is 22.3. The molecule has 1 amide bonds. The van der Waals surface area contributed by atoms with E-state index < -0.39 is 0 Å². The molecule has 20 heavy (non-hydrogen) atoms. The summed E-state index contributed by atoms with van der Waals surface area (Å²) in [5, 5.41) is 4.25. The summed E-state index contributed by atoms with van der Waals surface area (Å²) in [6, 6.07) is 8.51. The summed E-state index contributed by atoms with van der Waals surface area (Å²) in [5.74, 6) is -0.00264. The topological polar surface area (TPSA) is 70.9 Å². The second-order valence-corrected chi connectivity index (χ2v) is 5.62. The average molecular weight is 271 g/mol. The molecule has 2 aromatic rings. The van der Waals surface area contributed by atoms with Crippen LogP contribution in [0.4, 0.5) is 0 Å². The number of fused-ring (bicyclic) bond motifs is 1. The van der Waals surface area contributed by atoms with Crippen molar-refractivity contribution >= 4 is 16.8 Å². The first-order chi connectivity index (χ1) is 9.69. The Morgan fingerprint density at radius 1 is 1.40 bits per heavy atom. The third kappa shape index (κ3) is 2.31. The summed E-state index contributed by atoms with van der Waals surface area (Å²) in [6.07, 6.45) is 3.71. The number of hydrogen-bond donors (Lipinski definition) is 3. The third-order valence-electron chi connectivity index (χ3n) is 4.20. The molecule has 1 heterocycles. The first-order valence-corrected chi connectivity index (χ1v) is 7.35. The van der Waals surface area contributed by atoms with E-state index in [0.29, 0.717) is 5.69 Å². The minimum Gasteiger partial charge on any atom is -0.350 e. The number of carbonyl (C=O) groups excluding carboxylic acids is 1. The molecule has 3 rings (SSSR count). The average Bonchev–Trinajstić information content (AvgIpc) is 3.01. The van der Waals surface area contributed by atoms with Crippen LogP contribution in [0.3, 0.4) is 0 Å². The lowest BCUT2D eigenvalue weighted by Crippen LogP contribution is -2.34. The lowest BCUT2D eigenvalue weighted by molar-refractivity contribution is 0.0932. The number of nitrogens with two attached hydrogens (primary N) is 1. The van der Waals surface area contributed by atoms with Gasteiger partial charge < -0.3 is 16.0 Å². The van der Waals surface area contributed by atoms with Crippen molar-refractivity contribution in [3.8, 4) is 0 Å². The van der Waals surface area contributed by atoms with E-state index >= 15 is 0 Å². The van der Waals surface area contributed by atoms with Crippen LogP contribution in [0.2, 0.25) is 0 Å². The SMILES string of the molecule is CCc1c(C(=O)N[C@@H]2CC[C@@H](N)C2)[nH]c2ccccc12. The molecule has 0 unspecified atom stereocenters. The van der Waals surface area contributed by atoms with Gasteiger partial charge in [0.25, 0.3) is 5.91 Å². The van der Waals surface area contributed by atoms with E-state index in [1.54, 1.807) is 0 Å². The molecule has 0 saturated heterocycles. The standard InChI is InChI=1S/C16H21N3O/c1-2-12-13-5-3-4-6-14(13)19-15(12)16(20)18-11-8-7-10(17)9-11/h3-6,10-11,19H,2,7-9,17H2,1H3,(H,18,20)/t10-,11-/m1/s1.